The number of aryl methyl sites for hydroxylation is 1. The van der Waals surface area contributed by atoms with E-state index >= 15 is 0 Å². The first-order valence-electron chi connectivity index (χ1n) is 7.12. The van der Waals surface area contributed by atoms with Gasteiger partial charge in [0.05, 0.1) is 12.1 Å². The maximum absolute atomic E-state index is 12.2. The SMILES string of the molecule is Cc1cccc(CN=C2Cc3c(n(C)c(=O)n(C)c3=O)N2)c1. The summed E-state index contributed by atoms with van der Waals surface area (Å²) in [6.45, 7) is 2.59. The molecule has 0 radical (unpaired) electrons. The van der Waals surface area contributed by atoms with Crippen molar-refractivity contribution in [2.24, 2.45) is 19.1 Å². The van der Waals surface area contributed by atoms with Crippen LogP contribution in [-0.4, -0.2) is 15.0 Å². The second kappa shape index (κ2) is 5.29. The first kappa shape index (κ1) is 14.3. The van der Waals surface area contributed by atoms with E-state index in [2.05, 4.69) is 16.4 Å². The molecule has 114 valence electrons. The second-order valence-electron chi connectivity index (χ2n) is 5.59. The van der Waals surface area contributed by atoms with Crippen LogP contribution in [0.4, 0.5) is 5.82 Å². The first-order valence-corrected chi connectivity index (χ1v) is 7.12. The van der Waals surface area contributed by atoms with Gasteiger partial charge in [0, 0.05) is 20.5 Å². The van der Waals surface area contributed by atoms with Gasteiger partial charge in [0.15, 0.2) is 0 Å². The normalized spacial score (nSPS) is 15.0. The van der Waals surface area contributed by atoms with Crippen LogP contribution in [0, 0.1) is 6.92 Å². The molecule has 1 aliphatic rings. The average Bonchev–Trinajstić information content (AvgIpc) is 2.93. The van der Waals surface area contributed by atoms with Gasteiger partial charge in [-0.25, -0.2) is 4.79 Å². The Balaban J connectivity index is 1.90. The number of amidine groups is 1. The fourth-order valence-electron chi connectivity index (χ4n) is 2.67. The van der Waals surface area contributed by atoms with Crippen LogP contribution < -0.4 is 16.6 Å². The third kappa shape index (κ3) is 2.36. The molecule has 0 saturated heterocycles. The summed E-state index contributed by atoms with van der Waals surface area (Å²) in [5.74, 6) is 1.27. The lowest BCUT2D eigenvalue weighted by molar-refractivity contribution is 0.687. The highest BCUT2D eigenvalue weighted by molar-refractivity contribution is 6.01. The molecule has 0 aliphatic carbocycles. The fourth-order valence-corrected chi connectivity index (χ4v) is 2.67. The summed E-state index contributed by atoms with van der Waals surface area (Å²) in [4.78, 5) is 28.6. The smallest absolute Gasteiger partial charge is 0.329 e. The fraction of sp³-hybridized carbons (Fsp3) is 0.312. The molecule has 2 heterocycles. The van der Waals surface area contributed by atoms with Crippen LogP contribution in [-0.2, 0) is 27.1 Å². The summed E-state index contributed by atoms with van der Waals surface area (Å²) in [5.41, 5.74) is 2.30. The van der Waals surface area contributed by atoms with Gasteiger partial charge in [-0.1, -0.05) is 29.8 Å². The van der Waals surface area contributed by atoms with Crippen LogP contribution in [0.2, 0.25) is 0 Å². The molecule has 22 heavy (non-hydrogen) atoms. The Morgan fingerprint density at radius 1 is 1.23 bits per heavy atom. The van der Waals surface area contributed by atoms with E-state index in [-0.39, 0.29) is 11.2 Å². The predicted molar refractivity (Wildman–Crippen MR) is 86.6 cm³/mol. The highest BCUT2D eigenvalue weighted by Gasteiger charge is 2.24. The standard InChI is InChI=1S/C16H18N4O2/c1-10-5-4-6-11(7-10)9-17-13-8-12-14(18-13)19(2)16(22)20(3)15(12)21/h4-7H,8-9H2,1-3H3,(H,17,18). The molecule has 3 rings (SSSR count). The van der Waals surface area contributed by atoms with Crippen LogP contribution in [0.1, 0.15) is 16.7 Å². The van der Waals surface area contributed by atoms with Gasteiger partial charge in [-0.2, -0.15) is 0 Å². The van der Waals surface area contributed by atoms with Crippen molar-refractivity contribution in [3.05, 3.63) is 61.8 Å². The number of hydrogen-bond donors (Lipinski definition) is 1. The lowest BCUT2D eigenvalue weighted by atomic mass is 10.1. The Morgan fingerprint density at radius 3 is 2.73 bits per heavy atom. The quantitative estimate of drug-likeness (QED) is 0.898. The van der Waals surface area contributed by atoms with Crippen LogP contribution in [0.15, 0.2) is 38.8 Å². The van der Waals surface area contributed by atoms with Crippen molar-refractivity contribution in [1.29, 1.82) is 0 Å². The summed E-state index contributed by atoms with van der Waals surface area (Å²) in [5, 5.41) is 3.10. The minimum absolute atomic E-state index is 0.258. The predicted octanol–water partition coefficient (Wildman–Crippen LogP) is 0.959. The average molecular weight is 298 g/mol. The van der Waals surface area contributed by atoms with E-state index in [1.807, 2.05) is 25.1 Å². The maximum Gasteiger partial charge on any atom is 0.332 e. The molecular formula is C16H18N4O2. The highest BCUT2D eigenvalue weighted by atomic mass is 16.2. The third-order valence-electron chi connectivity index (χ3n) is 3.90. The van der Waals surface area contributed by atoms with Crippen molar-refractivity contribution < 1.29 is 0 Å². The van der Waals surface area contributed by atoms with Crippen molar-refractivity contribution in [3.8, 4) is 0 Å². The summed E-state index contributed by atoms with van der Waals surface area (Å²) < 4.78 is 2.58. The van der Waals surface area contributed by atoms with Gasteiger partial charge in [-0.3, -0.25) is 18.9 Å². The number of nitrogens with one attached hydrogen (secondary N) is 1. The van der Waals surface area contributed by atoms with Crippen molar-refractivity contribution in [1.82, 2.24) is 9.13 Å². The Labute approximate surface area is 127 Å². The van der Waals surface area contributed by atoms with Gasteiger partial charge in [0.1, 0.15) is 11.7 Å². The van der Waals surface area contributed by atoms with E-state index in [1.165, 1.54) is 17.2 Å². The maximum atomic E-state index is 12.2. The molecule has 0 unspecified atom stereocenters. The lowest BCUT2D eigenvalue weighted by Gasteiger charge is -2.07. The molecule has 0 atom stereocenters. The number of rotatable bonds is 2. The monoisotopic (exact) mass is 298 g/mol. The van der Waals surface area contributed by atoms with Crippen LogP contribution in [0.25, 0.3) is 0 Å². The van der Waals surface area contributed by atoms with Crippen molar-refractivity contribution in [2.45, 2.75) is 19.9 Å². The molecule has 0 bridgehead atoms. The van der Waals surface area contributed by atoms with Gasteiger partial charge in [-0.05, 0) is 12.5 Å². The zero-order valence-electron chi connectivity index (χ0n) is 12.9. The number of aliphatic imine (C=N–C) groups is 1. The molecule has 0 spiro atoms. The largest absolute Gasteiger partial charge is 0.332 e. The zero-order chi connectivity index (χ0) is 15.9. The number of fused-ring (bicyclic) bond motifs is 1. The Morgan fingerprint density at radius 2 is 2.00 bits per heavy atom. The number of aromatic nitrogens is 2. The van der Waals surface area contributed by atoms with E-state index in [0.29, 0.717) is 24.3 Å². The molecule has 6 heteroatoms. The Bertz CT molecular complexity index is 890. The molecule has 2 aromatic rings. The molecule has 1 aliphatic heterocycles. The first-order chi connectivity index (χ1) is 10.5. The van der Waals surface area contributed by atoms with Gasteiger partial charge in [-0.15, -0.1) is 0 Å². The van der Waals surface area contributed by atoms with Crippen molar-refractivity contribution >= 4 is 11.7 Å². The summed E-state index contributed by atoms with van der Waals surface area (Å²) in [6, 6.07) is 8.15. The van der Waals surface area contributed by atoms with E-state index in [4.69, 9.17) is 0 Å². The van der Waals surface area contributed by atoms with Crippen LogP contribution in [0.3, 0.4) is 0 Å². The van der Waals surface area contributed by atoms with E-state index < -0.39 is 0 Å². The molecule has 6 nitrogen and oxygen atoms in total. The summed E-state index contributed by atoms with van der Waals surface area (Å²) >= 11 is 0. The second-order valence-corrected chi connectivity index (χ2v) is 5.59. The summed E-state index contributed by atoms with van der Waals surface area (Å²) in [6.07, 6.45) is 0.432. The number of anilines is 1. The Hall–Kier alpha value is -2.63. The molecule has 0 saturated carbocycles. The number of nitrogens with zero attached hydrogens (tertiary/aromatic N) is 3. The van der Waals surface area contributed by atoms with Gasteiger partial charge in [0.25, 0.3) is 5.56 Å². The van der Waals surface area contributed by atoms with Crippen molar-refractivity contribution in [2.75, 3.05) is 5.32 Å². The van der Waals surface area contributed by atoms with Crippen molar-refractivity contribution in [3.63, 3.8) is 0 Å². The topological polar surface area (TPSA) is 68.4 Å². The van der Waals surface area contributed by atoms with Gasteiger partial charge < -0.3 is 5.32 Å². The van der Waals surface area contributed by atoms with Crippen LogP contribution in [0.5, 0.6) is 0 Å². The molecule has 1 N–H and O–H groups in total. The molecule has 1 aromatic carbocycles. The van der Waals surface area contributed by atoms with E-state index in [1.54, 1.807) is 7.05 Å². The molecule has 0 amide bonds. The Kier molecular flexibility index (Phi) is 3.44. The zero-order valence-corrected chi connectivity index (χ0v) is 12.9. The lowest BCUT2D eigenvalue weighted by Crippen LogP contribution is -2.38. The van der Waals surface area contributed by atoms with Gasteiger partial charge >= 0.3 is 5.69 Å². The van der Waals surface area contributed by atoms with Gasteiger partial charge in [0.2, 0.25) is 0 Å². The number of benzene rings is 1. The molecule has 0 fully saturated rings. The minimum atomic E-state index is -0.337. The van der Waals surface area contributed by atoms with E-state index in [9.17, 15) is 9.59 Å². The number of hydrogen-bond acceptors (Lipinski definition) is 3. The van der Waals surface area contributed by atoms with Crippen LogP contribution >= 0.6 is 0 Å². The van der Waals surface area contributed by atoms with E-state index in [0.717, 1.165) is 16.0 Å². The third-order valence-corrected chi connectivity index (χ3v) is 3.90. The molecule has 1 aromatic heterocycles. The highest BCUT2D eigenvalue weighted by Crippen LogP contribution is 2.18. The summed E-state index contributed by atoms with van der Waals surface area (Å²) in [7, 11) is 3.14. The minimum Gasteiger partial charge on any atom is -0.329 e. The molecular weight excluding hydrogens is 280 g/mol.